The standard InChI is InChI=1S/C25H26BrN3O6S/c1-27-8-7-24-21-15-10-19(27)25(24,32)6-5-16(23(24)35-22(21)18(30)11-17(15)29(33)34)28(2)20(31)4-3-14-9-13(26)12-36-14/h3-4,9,11-12,16,19,23,30,32H,5-8,10H2,1-2H3/b4-3+/t16-,19-,23+,24+,25-/m1/s1. The number of likely N-dealkylation sites (N-methyl/N-ethyl adjacent to an activating group) is 2. The monoisotopic (exact) mass is 575 g/mol. The van der Waals surface area contributed by atoms with Gasteiger partial charge < -0.3 is 24.7 Å². The van der Waals surface area contributed by atoms with Crippen LogP contribution in [-0.2, 0) is 16.6 Å². The Hall–Kier alpha value is -2.47. The van der Waals surface area contributed by atoms with Gasteiger partial charge in [0.05, 0.1) is 28.0 Å². The van der Waals surface area contributed by atoms with Crippen molar-refractivity contribution in [2.75, 3.05) is 20.6 Å². The number of phenolic OH excluding ortho intramolecular Hbond substituents is 1. The molecule has 0 unspecified atom stereocenters. The number of halogens is 1. The molecule has 190 valence electrons. The molecule has 1 saturated carbocycles. The van der Waals surface area contributed by atoms with Crippen molar-refractivity contribution in [3.8, 4) is 11.5 Å². The maximum Gasteiger partial charge on any atom is 0.276 e. The van der Waals surface area contributed by atoms with E-state index in [4.69, 9.17) is 4.74 Å². The minimum atomic E-state index is -1.19. The van der Waals surface area contributed by atoms with Gasteiger partial charge in [0.2, 0.25) is 5.91 Å². The summed E-state index contributed by atoms with van der Waals surface area (Å²) in [6, 6.07) is 2.40. The third-order valence-electron chi connectivity index (χ3n) is 8.82. The molecule has 9 nitrogen and oxygen atoms in total. The van der Waals surface area contributed by atoms with Crippen molar-refractivity contribution in [2.24, 2.45) is 0 Å². The Morgan fingerprint density at radius 2 is 2.19 bits per heavy atom. The number of nitrogens with zero attached hydrogens (tertiary/aromatic N) is 3. The SMILES string of the molecule is CN1CC[C@]23c4c5c([N+](=O)[O-])cc(O)c4O[C@H]2[C@H](N(C)C(=O)/C=C/c2cc(Br)cs2)CC[C@@]3(O)[C@H]1C5. The molecule has 1 spiro atoms. The van der Waals surface area contributed by atoms with Crippen LogP contribution in [0.1, 0.15) is 35.3 Å². The maximum atomic E-state index is 13.2. The number of amides is 1. The number of carbonyl (C=O) groups excluding carboxylic acids is 1. The highest BCUT2D eigenvalue weighted by Crippen LogP contribution is 2.66. The fourth-order valence-electron chi connectivity index (χ4n) is 7.20. The predicted octanol–water partition coefficient (Wildman–Crippen LogP) is 3.45. The lowest BCUT2D eigenvalue weighted by molar-refractivity contribution is -0.386. The number of likely N-dealkylation sites (tertiary alicyclic amines) is 1. The van der Waals surface area contributed by atoms with Gasteiger partial charge in [-0.3, -0.25) is 14.9 Å². The van der Waals surface area contributed by atoms with Gasteiger partial charge in [-0.2, -0.15) is 0 Å². The largest absolute Gasteiger partial charge is 0.504 e. The summed E-state index contributed by atoms with van der Waals surface area (Å²) in [6.07, 6.45) is 4.43. The van der Waals surface area contributed by atoms with E-state index in [2.05, 4.69) is 20.8 Å². The normalized spacial score (nSPS) is 32.3. The molecule has 3 heterocycles. The van der Waals surface area contributed by atoms with E-state index in [1.807, 2.05) is 18.5 Å². The van der Waals surface area contributed by atoms with Crippen LogP contribution < -0.4 is 4.74 Å². The van der Waals surface area contributed by atoms with Crippen molar-refractivity contribution >= 4 is 44.9 Å². The van der Waals surface area contributed by atoms with Crippen LogP contribution >= 0.6 is 27.3 Å². The van der Waals surface area contributed by atoms with E-state index in [1.54, 1.807) is 18.0 Å². The Balaban J connectivity index is 1.44. The summed E-state index contributed by atoms with van der Waals surface area (Å²) in [5, 5.41) is 37.0. The van der Waals surface area contributed by atoms with Crippen LogP contribution in [-0.4, -0.2) is 75.3 Å². The second kappa shape index (κ2) is 8.01. The van der Waals surface area contributed by atoms with Gasteiger partial charge in [-0.15, -0.1) is 11.3 Å². The lowest BCUT2D eigenvalue weighted by Crippen LogP contribution is -2.77. The molecule has 1 amide bonds. The van der Waals surface area contributed by atoms with Crippen molar-refractivity contribution in [2.45, 2.75) is 54.9 Å². The van der Waals surface area contributed by atoms with Gasteiger partial charge >= 0.3 is 0 Å². The van der Waals surface area contributed by atoms with E-state index in [0.29, 0.717) is 43.4 Å². The van der Waals surface area contributed by atoms with Crippen molar-refractivity contribution in [1.29, 1.82) is 0 Å². The van der Waals surface area contributed by atoms with E-state index in [0.717, 1.165) is 15.4 Å². The van der Waals surface area contributed by atoms with Crippen LogP contribution in [0, 0.1) is 10.1 Å². The highest BCUT2D eigenvalue weighted by molar-refractivity contribution is 9.10. The van der Waals surface area contributed by atoms with Gasteiger partial charge in [-0.25, -0.2) is 0 Å². The highest BCUT2D eigenvalue weighted by atomic mass is 79.9. The molecule has 1 saturated heterocycles. The highest BCUT2D eigenvalue weighted by Gasteiger charge is 2.73. The molecule has 36 heavy (non-hydrogen) atoms. The minimum Gasteiger partial charge on any atom is -0.504 e. The zero-order valence-electron chi connectivity index (χ0n) is 19.8. The summed E-state index contributed by atoms with van der Waals surface area (Å²) in [5.41, 5.74) is -1.20. The molecule has 2 bridgehead atoms. The minimum absolute atomic E-state index is 0.145. The van der Waals surface area contributed by atoms with Gasteiger partial charge in [0.15, 0.2) is 11.5 Å². The number of hydrogen-bond donors (Lipinski definition) is 2. The number of phenols is 1. The summed E-state index contributed by atoms with van der Waals surface area (Å²) >= 11 is 4.94. The van der Waals surface area contributed by atoms with E-state index in [9.17, 15) is 25.1 Å². The average molecular weight is 576 g/mol. The number of carbonyl (C=O) groups is 1. The fraction of sp³-hybridized carbons (Fsp3) is 0.480. The average Bonchev–Trinajstić information content (AvgIpc) is 3.41. The third kappa shape index (κ3) is 3.03. The topological polar surface area (TPSA) is 116 Å². The van der Waals surface area contributed by atoms with Gasteiger partial charge in [0, 0.05) is 45.0 Å². The molecule has 6 rings (SSSR count). The van der Waals surface area contributed by atoms with Crippen LogP contribution in [0.25, 0.3) is 6.08 Å². The first kappa shape index (κ1) is 23.9. The van der Waals surface area contributed by atoms with Crippen molar-refractivity contribution in [3.05, 3.63) is 54.2 Å². The summed E-state index contributed by atoms with van der Waals surface area (Å²) in [6.45, 7) is 0.673. The molecule has 1 aromatic heterocycles. The third-order valence-corrected chi connectivity index (χ3v) is 10.5. The summed E-state index contributed by atoms with van der Waals surface area (Å²) < 4.78 is 7.37. The second-order valence-electron chi connectivity index (χ2n) is 10.3. The lowest BCUT2D eigenvalue weighted by Gasteiger charge is -2.64. The molecule has 2 aliphatic carbocycles. The van der Waals surface area contributed by atoms with Crippen LogP contribution in [0.15, 0.2) is 28.1 Å². The smallest absolute Gasteiger partial charge is 0.276 e. The Morgan fingerprint density at radius 3 is 2.89 bits per heavy atom. The molecule has 1 aromatic carbocycles. The van der Waals surface area contributed by atoms with Crippen molar-refractivity contribution in [1.82, 2.24) is 9.80 Å². The fourth-order valence-corrected chi connectivity index (χ4v) is 8.54. The predicted molar refractivity (Wildman–Crippen MR) is 137 cm³/mol. The van der Waals surface area contributed by atoms with Gasteiger partial charge in [-0.1, -0.05) is 0 Å². The molecule has 11 heteroatoms. The van der Waals surface area contributed by atoms with Crippen LogP contribution in [0.3, 0.4) is 0 Å². The number of aliphatic hydroxyl groups is 1. The van der Waals surface area contributed by atoms with Crippen LogP contribution in [0.2, 0.25) is 0 Å². The van der Waals surface area contributed by atoms with E-state index in [-0.39, 0.29) is 35.2 Å². The van der Waals surface area contributed by atoms with E-state index < -0.39 is 22.0 Å². The Bertz CT molecular complexity index is 1330. The molecule has 2 aliphatic heterocycles. The summed E-state index contributed by atoms with van der Waals surface area (Å²) in [7, 11) is 3.67. The zero-order chi connectivity index (χ0) is 25.6. The van der Waals surface area contributed by atoms with E-state index in [1.165, 1.54) is 17.4 Å². The molecule has 5 atom stereocenters. The lowest BCUT2D eigenvalue weighted by atomic mass is 9.48. The van der Waals surface area contributed by atoms with Crippen molar-refractivity contribution in [3.63, 3.8) is 0 Å². The zero-order valence-corrected chi connectivity index (χ0v) is 22.2. The molecule has 2 N–H and O–H groups in total. The van der Waals surface area contributed by atoms with Crippen molar-refractivity contribution < 1.29 is 24.7 Å². The van der Waals surface area contributed by atoms with Gasteiger partial charge in [0.1, 0.15) is 6.10 Å². The number of nitro benzene ring substituents is 1. The molecule has 2 fully saturated rings. The number of rotatable bonds is 4. The number of thiophene rings is 1. The number of benzene rings is 1. The van der Waals surface area contributed by atoms with Gasteiger partial charge in [0.25, 0.3) is 5.69 Å². The number of aromatic hydroxyl groups is 1. The second-order valence-corrected chi connectivity index (χ2v) is 12.2. The van der Waals surface area contributed by atoms with Crippen LogP contribution in [0.4, 0.5) is 5.69 Å². The molecule has 0 radical (unpaired) electrons. The molecule has 4 aliphatic rings. The first-order valence-corrected chi connectivity index (χ1v) is 13.6. The number of piperidine rings is 1. The maximum absolute atomic E-state index is 13.2. The first-order chi connectivity index (χ1) is 17.1. The van der Waals surface area contributed by atoms with Crippen LogP contribution in [0.5, 0.6) is 11.5 Å². The molecular formula is C25H26BrN3O6S. The Morgan fingerprint density at radius 1 is 1.42 bits per heavy atom. The Labute approximate surface area is 220 Å². The van der Waals surface area contributed by atoms with Gasteiger partial charge in [-0.05, 0) is 67.3 Å². The van der Waals surface area contributed by atoms with E-state index >= 15 is 0 Å². The molecule has 2 aromatic rings. The number of ether oxygens (including phenoxy) is 1. The Kier molecular flexibility index (Phi) is 5.32. The molecular weight excluding hydrogens is 550 g/mol. The first-order valence-electron chi connectivity index (χ1n) is 11.9. The quantitative estimate of drug-likeness (QED) is 0.326. The number of hydrogen-bond acceptors (Lipinski definition) is 8. The summed E-state index contributed by atoms with van der Waals surface area (Å²) in [4.78, 5) is 29.4. The number of nitro groups is 1. The summed E-state index contributed by atoms with van der Waals surface area (Å²) in [5.74, 6) is -0.268.